The quantitative estimate of drug-likeness (QED) is 0.147. The molecule has 0 radical (unpaired) electrons. The molecule has 0 unspecified atom stereocenters. The van der Waals surface area contributed by atoms with Gasteiger partial charge in [-0.05, 0) is 73.0 Å². The Kier molecular flexibility index (Phi) is 10.9. The molecule has 13 heteroatoms. The number of ether oxygens (including phenoxy) is 5. The van der Waals surface area contributed by atoms with Crippen molar-refractivity contribution in [1.29, 1.82) is 0 Å². The van der Waals surface area contributed by atoms with Gasteiger partial charge in [-0.1, -0.05) is 18.2 Å². The maximum atomic E-state index is 13.1. The summed E-state index contributed by atoms with van der Waals surface area (Å²) >= 11 is 0. The van der Waals surface area contributed by atoms with Crippen molar-refractivity contribution in [3.05, 3.63) is 94.4 Å². The first kappa shape index (κ1) is 32.3. The lowest BCUT2D eigenvalue weighted by atomic mass is 9.95. The van der Waals surface area contributed by atoms with Gasteiger partial charge in [-0.25, -0.2) is 19.4 Å². The highest BCUT2D eigenvalue weighted by atomic mass is 19.1. The average molecular weight is 621 g/mol. The molecule has 3 aromatic rings. The smallest absolute Gasteiger partial charge is 0.338 e. The monoisotopic (exact) mass is 620 g/mol. The first-order valence-corrected chi connectivity index (χ1v) is 13.9. The van der Waals surface area contributed by atoms with E-state index in [1.807, 2.05) is 0 Å². The number of hydrogen-bond acceptors (Lipinski definition) is 9. The van der Waals surface area contributed by atoms with E-state index in [0.717, 1.165) is 5.56 Å². The van der Waals surface area contributed by atoms with Crippen molar-refractivity contribution >= 4 is 24.1 Å². The van der Waals surface area contributed by atoms with E-state index in [4.69, 9.17) is 23.7 Å². The number of urea groups is 1. The molecule has 1 atom stereocenters. The summed E-state index contributed by atoms with van der Waals surface area (Å²) in [4.78, 5) is 37.2. The van der Waals surface area contributed by atoms with Crippen molar-refractivity contribution in [2.24, 2.45) is 5.10 Å². The van der Waals surface area contributed by atoms with Crippen molar-refractivity contribution in [1.82, 2.24) is 16.1 Å². The van der Waals surface area contributed by atoms with Crippen LogP contribution in [0.15, 0.2) is 77.0 Å². The van der Waals surface area contributed by atoms with Crippen molar-refractivity contribution in [3.63, 3.8) is 0 Å². The Morgan fingerprint density at radius 3 is 2.36 bits per heavy atom. The van der Waals surface area contributed by atoms with Crippen LogP contribution in [0.5, 0.6) is 23.0 Å². The van der Waals surface area contributed by atoms with Crippen molar-refractivity contribution < 1.29 is 42.5 Å². The van der Waals surface area contributed by atoms with E-state index in [1.54, 1.807) is 62.4 Å². The standard InChI is InChI=1S/C32H33FN4O8/c1-5-43-31(39)29-19(2)35-32(40)36-30(29)22-9-13-25(27(15-22)42-4)45-18-28(38)37-34-16-21-8-12-24(26(14-21)41-3)44-17-20-6-10-23(33)11-7-20/h6-16,30H,5,17-18H2,1-4H3,(H,37,38)(H2,35,36,40)/b34-16-/t30-/m0/s1. The zero-order valence-corrected chi connectivity index (χ0v) is 25.1. The highest BCUT2D eigenvalue weighted by Gasteiger charge is 2.32. The van der Waals surface area contributed by atoms with Crippen LogP contribution in [0.25, 0.3) is 0 Å². The van der Waals surface area contributed by atoms with Gasteiger partial charge in [-0.3, -0.25) is 4.79 Å². The van der Waals surface area contributed by atoms with E-state index in [1.165, 1.54) is 32.6 Å². The third-order valence-corrected chi connectivity index (χ3v) is 6.54. The molecule has 3 aromatic carbocycles. The molecule has 236 valence electrons. The molecule has 1 heterocycles. The summed E-state index contributed by atoms with van der Waals surface area (Å²) in [5.41, 5.74) is 5.02. The molecule has 3 N–H and O–H groups in total. The van der Waals surface area contributed by atoms with Gasteiger partial charge < -0.3 is 34.3 Å². The molecule has 1 aliphatic heterocycles. The van der Waals surface area contributed by atoms with Crippen LogP contribution in [0.4, 0.5) is 9.18 Å². The Morgan fingerprint density at radius 2 is 1.64 bits per heavy atom. The first-order chi connectivity index (χ1) is 21.7. The molecule has 4 rings (SSSR count). The minimum absolute atomic E-state index is 0.175. The highest BCUT2D eigenvalue weighted by Crippen LogP contribution is 2.34. The summed E-state index contributed by atoms with van der Waals surface area (Å²) in [5, 5.41) is 9.28. The second-order valence-corrected chi connectivity index (χ2v) is 9.61. The summed E-state index contributed by atoms with van der Waals surface area (Å²) in [6.07, 6.45) is 1.43. The number of halogens is 1. The molecular formula is C32H33FN4O8. The number of nitrogens with one attached hydrogen (secondary N) is 3. The molecule has 0 saturated carbocycles. The number of carbonyl (C=O) groups is 3. The molecule has 0 spiro atoms. The number of benzene rings is 3. The summed E-state index contributed by atoms with van der Waals surface area (Å²) < 4.78 is 40.6. The number of nitrogens with zero attached hydrogens (tertiary/aromatic N) is 1. The second kappa shape index (κ2) is 15.2. The van der Waals surface area contributed by atoms with Gasteiger partial charge in [-0.15, -0.1) is 0 Å². The van der Waals surface area contributed by atoms with Crippen LogP contribution < -0.4 is 35.0 Å². The van der Waals surface area contributed by atoms with E-state index in [-0.39, 0.29) is 42.7 Å². The van der Waals surface area contributed by atoms with Gasteiger partial charge in [-0.2, -0.15) is 5.10 Å². The maximum Gasteiger partial charge on any atom is 0.338 e. The molecule has 45 heavy (non-hydrogen) atoms. The van der Waals surface area contributed by atoms with Gasteiger partial charge in [0.2, 0.25) is 0 Å². The SMILES string of the molecule is CCOC(=O)C1=C(C)NC(=O)N[C@H]1c1ccc(OCC(=O)N/N=C\c2ccc(OCc3ccc(F)cc3)c(OC)c2)c(OC)c1. The fourth-order valence-electron chi connectivity index (χ4n) is 4.39. The van der Waals surface area contributed by atoms with Crippen LogP contribution in [0.2, 0.25) is 0 Å². The van der Waals surface area contributed by atoms with Crippen molar-refractivity contribution in [3.8, 4) is 23.0 Å². The van der Waals surface area contributed by atoms with Crippen molar-refractivity contribution in [2.75, 3.05) is 27.4 Å². The lowest BCUT2D eigenvalue weighted by Gasteiger charge is -2.28. The molecule has 0 bridgehead atoms. The van der Waals surface area contributed by atoms with Crippen LogP contribution in [-0.2, 0) is 20.9 Å². The predicted molar refractivity (Wildman–Crippen MR) is 162 cm³/mol. The number of esters is 1. The van der Waals surface area contributed by atoms with E-state index in [9.17, 15) is 18.8 Å². The maximum absolute atomic E-state index is 13.1. The fourth-order valence-corrected chi connectivity index (χ4v) is 4.39. The van der Waals surface area contributed by atoms with Crippen LogP contribution in [-0.4, -0.2) is 51.6 Å². The Hall–Kier alpha value is -5.59. The molecule has 0 aromatic heterocycles. The molecule has 12 nitrogen and oxygen atoms in total. The third kappa shape index (κ3) is 8.50. The zero-order valence-electron chi connectivity index (χ0n) is 25.1. The van der Waals surface area contributed by atoms with E-state index < -0.39 is 23.9 Å². The lowest BCUT2D eigenvalue weighted by Crippen LogP contribution is -2.45. The summed E-state index contributed by atoms with van der Waals surface area (Å²) in [6, 6.07) is 14.7. The number of hydrazone groups is 1. The minimum Gasteiger partial charge on any atom is -0.493 e. The third-order valence-electron chi connectivity index (χ3n) is 6.54. The van der Waals surface area contributed by atoms with Gasteiger partial charge in [0.1, 0.15) is 12.4 Å². The van der Waals surface area contributed by atoms with Crippen LogP contribution >= 0.6 is 0 Å². The number of rotatable bonds is 13. The van der Waals surface area contributed by atoms with Crippen LogP contribution in [0.1, 0.15) is 36.6 Å². The first-order valence-electron chi connectivity index (χ1n) is 13.9. The normalized spacial score (nSPS) is 14.3. The molecule has 1 aliphatic rings. The zero-order chi connectivity index (χ0) is 32.3. The van der Waals surface area contributed by atoms with Gasteiger partial charge in [0.15, 0.2) is 29.6 Å². The molecule has 0 fully saturated rings. The lowest BCUT2D eigenvalue weighted by molar-refractivity contribution is -0.139. The van der Waals surface area contributed by atoms with Gasteiger partial charge >= 0.3 is 12.0 Å². The van der Waals surface area contributed by atoms with Gasteiger partial charge in [0, 0.05) is 5.70 Å². The summed E-state index contributed by atoms with van der Waals surface area (Å²) in [5.74, 6) is 0.0761. The molecule has 0 saturated heterocycles. The Balaban J connectivity index is 1.35. The number of allylic oxidation sites excluding steroid dienone is 1. The Bertz CT molecular complexity index is 1610. The molecular weight excluding hydrogens is 587 g/mol. The number of methoxy groups -OCH3 is 2. The average Bonchev–Trinajstić information content (AvgIpc) is 3.03. The minimum atomic E-state index is -0.785. The summed E-state index contributed by atoms with van der Waals surface area (Å²) in [6.45, 7) is 3.34. The van der Waals surface area contributed by atoms with E-state index in [2.05, 4.69) is 21.2 Å². The number of amides is 3. The number of carbonyl (C=O) groups excluding carboxylic acids is 3. The van der Waals surface area contributed by atoms with Crippen molar-refractivity contribution in [2.45, 2.75) is 26.5 Å². The molecule has 3 amide bonds. The van der Waals surface area contributed by atoms with E-state index >= 15 is 0 Å². The van der Waals surface area contributed by atoms with Crippen LogP contribution in [0.3, 0.4) is 0 Å². The number of hydrogen-bond donors (Lipinski definition) is 3. The second-order valence-electron chi connectivity index (χ2n) is 9.61. The predicted octanol–water partition coefficient (Wildman–Crippen LogP) is 4.14. The van der Waals surface area contributed by atoms with Gasteiger partial charge in [0.05, 0.1) is 38.7 Å². The topological polar surface area (TPSA) is 146 Å². The molecule has 0 aliphatic carbocycles. The summed E-state index contributed by atoms with van der Waals surface area (Å²) in [7, 11) is 2.93. The Morgan fingerprint density at radius 1 is 0.956 bits per heavy atom. The largest absolute Gasteiger partial charge is 0.493 e. The fraction of sp³-hybridized carbons (Fsp3) is 0.250. The Labute approximate surface area is 259 Å². The van der Waals surface area contributed by atoms with Gasteiger partial charge in [0.25, 0.3) is 5.91 Å². The van der Waals surface area contributed by atoms with E-state index in [0.29, 0.717) is 28.3 Å². The van der Waals surface area contributed by atoms with Crippen LogP contribution in [0, 0.1) is 5.82 Å². The highest BCUT2D eigenvalue weighted by molar-refractivity contribution is 5.95.